The molecule has 5 nitrogen and oxygen atoms in total. The van der Waals surface area contributed by atoms with Crippen LogP contribution in [-0.2, 0) is 13.0 Å². The molecule has 1 aromatic heterocycles. The van der Waals surface area contributed by atoms with E-state index in [1.54, 1.807) is 6.07 Å². The van der Waals surface area contributed by atoms with Crippen LogP contribution in [0.4, 0.5) is 0 Å². The summed E-state index contributed by atoms with van der Waals surface area (Å²) in [7, 11) is 0. The lowest BCUT2D eigenvalue weighted by molar-refractivity contribution is 0.0728. The first-order chi connectivity index (χ1) is 10.3. The van der Waals surface area contributed by atoms with Gasteiger partial charge in [0.05, 0.1) is 6.61 Å². The Morgan fingerprint density at radius 3 is 2.90 bits per heavy atom. The molecule has 1 aliphatic heterocycles. The molecule has 0 fully saturated rings. The molecule has 5 heteroatoms. The van der Waals surface area contributed by atoms with Crippen molar-refractivity contribution in [3.05, 3.63) is 53.5 Å². The zero-order chi connectivity index (χ0) is 14.7. The van der Waals surface area contributed by atoms with Crippen molar-refractivity contribution < 1.29 is 9.53 Å². The molecular formula is C16H17N3O2. The lowest BCUT2D eigenvalue weighted by Gasteiger charge is -2.28. The summed E-state index contributed by atoms with van der Waals surface area (Å²) in [5.41, 5.74) is 2.91. The van der Waals surface area contributed by atoms with Crippen LogP contribution in [0.5, 0.6) is 5.88 Å². The third-order valence-corrected chi connectivity index (χ3v) is 3.57. The minimum atomic E-state index is -0.0761. The monoisotopic (exact) mass is 283 g/mol. The number of nitrogens with zero attached hydrogens (tertiary/aromatic N) is 3. The lowest BCUT2D eigenvalue weighted by Crippen LogP contribution is -2.36. The van der Waals surface area contributed by atoms with Gasteiger partial charge in [-0.25, -0.2) is 9.97 Å². The van der Waals surface area contributed by atoms with Gasteiger partial charge in [-0.3, -0.25) is 4.79 Å². The summed E-state index contributed by atoms with van der Waals surface area (Å²) in [4.78, 5) is 22.4. The van der Waals surface area contributed by atoms with Crippen LogP contribution in [0.2, 0.25) is 0 Å². The van der Waals surface area contributed by atoms with Gasteiger partial charge in [0.1, 0.15) is 12.0 Å². The van der Waals surface area contributed by atoms with Crippen molar-refractivity contribution in [1.29, 1.82) is 0 Å². The van der Waals surface area contributed by atoms with E-state index in [4.69, 9.17) is 4.74 Å². The second kappa shape index (κ2) is 5.91. The van der Waals surface area contributed by atoms with Gasteiger partial charge in [0, 0.05) is 19.2 Å². The SMILES string of the molecule is CCOc1cc(C(=O)N2CCc3ccccc3C2)ncn1. The van der Waals surface area contributed by atoms with Gasteiger partial charge in [-0.15, -0.1) is 0 Å². The van der Waals surface area contributed by atoms with Crippen molar-refractivity contribution >= 4 is 5.91 Å². The smallest absolute Gasteiger partial charge is 0.273 e. The maximum atomic E-state index is 12.5. The van der Waals surface area contributed by atoms with Crippen molar-refractivity contribution in [2.75, 3.05) is 13.2 Å². The molecule has 1 aliphatic rings. The van der Waals surface area contributed by atoms with Crippen LogP contribution in [-0.4, -0.2) is 33.9 Å². The van der Waals surface area contributed by atoms with Crippen molar-refractivity contribution in [2.24, 2.45) is 0 Å². The average Bonchev–Trinajstić information content (AvgIpc) is 2.54. The van der Waals surface area contributed by atoms with Crippen molar-refractivity contribution in [3.8, 4) is 5.88 Å². The zero-order valence-electron chi connectivity index (χ0n) is 12.0. The van der Waals surface area contributed by atoms with Gasteiger partial charge in [0.15, 0.2) is 0 Å². The quantitative estimate of drug-likeness (QED) is 0.865. The van der Waals surface area contributed by atoms with E-state index in [1.807, 2.05) is 24.0 Å². The third kappa shape index (κ3) is 2.86. The molecule has 0 radical (unpaired) electrons. The highest BCUT2D eigenvalue weighted by Crippen LogP contribution is 2.20. The Labute approximate surface area is 123 Å². The Balaban J connectivity index is 1.79. The number of amides is 1. The van der Waals surface area contributed by atoms with Gasteiger partial charge in [-0.2, -0.15) is 0 Å². The summed E-state index contributed by atoms with van der Waals surface area (Å²) >= 11 is 0. The lowest BCUT2D eigenvalue weighted by atomic mass is 10.00. The molecule has 0 aliphatic carbocycles. The number of ether oxygens (including phenoxy) is 1. The average molecular weight is 283 g/mol. The largest absolute Gasteiger partial charge is 0.478 e. The van der Waals surface area contributed by atoms with E-state index >= 15 is 0 Å². The van der Waals surface area contributed by atoms with Crippen LogP contribution in [0.25, 0.3) is 0 Å². The van der Waals surface area contributed by atoms with Gasteiger partial charge in [-0.05, 0) is 24.5 Å². The molecule has 0 spiro atoms. The van der Waals surface area contributed by atoms with Crippen LogP contribution in [0.1, 0.15) is 28.5 Å². The topological polar surface area (TPSA) is 55.3 Å². The summed E-state index contributed by atoms with van der Waals surface area (Å²) in [6, 6.07) is 9.83. The summed E-state index contributed by atoms with van der Waals surface area (Å²) in [6.45, 7) is 3.74. The molecule has 2 aromatic rings. The number of aromatic nitrogens is 2. The van der Waals surface area contributed by atoms with E-state index in [2.05, 4.69) is 22.1 Å². The Kier molecular flexibility index (Phi) is 3.81. The normalized spacial score (nSPS) is 13.7. The number of fused-ring (bicyclic) bond motifs is 1. The first-order valence-electron chi connectivity index (χ1n) is 7.09. The van der Waals surface area contributed by atoms with E-state index in [-0.39, 0.29) is 5.91 Å². The molecular weight excluding hydrogens is 266 g/mol. The number of carbonyl (C=O) groups excluding carboxylic acids is 1. The first-order valence-corrected chi connectivity index (χ1v) is 7.09. The molecule has 21 heavy (non-hydrogen) atoms. The molecule has 0 bridgehead atoms. The first kappa shape index (κ1) is 13.5. The number of benzene rings is 1. The molecule has 2 heterocycles. The van der Waals surface area contributed by atoms with E-state index < -0.39 is 0 Å². The second-order valence-corrected chi connectivity index (χ2v) is 4.92. The maximum absolute atomic E-state index is 12.5. The fourth-order valence-corrected chi connectivity index (χ4v) is 2.51. The van der Waals surface area contributed by atoms with Gasteiger partial charge < -0.3 is 9.64 Å². The molecule has 0 N–H and O–H groups in total. The molecule has 0 atom stereocenters. The van der Waals surface area contributed by atoms with Crippen LogP contribution in [0.15, 0.2) is 36.7 Å². The Morgan fingerprint density at radius 1 is 1.29 bits per heavy atom. The fraction of sp³-hybridized carbons (Fsp3) is 0.312. The van der Waals surface area contributed by atoms with Crippen molar-refractivity contribution in [2.45, 2.75) is 19.9 Å². The molecule has 1 amide bonds. The summed E-state index contributed by atoms with van der Waals surface area (Å²) < 4.78 is 5.32. The van der Waals surface area contributed by atoms with Crippen LogP contribution >= 0.6 is 0 Å². The molecule has 0 unspecified atom stereocenters. The highest BCUT2D eigenvalue weighted by atomic mass is 16.5. The van der Waals surface area contributed by atoms with Crippen LogP contribution < -0.4 is 4.74 Å². The molecule has 0 saturated heterocycles. The molecule has 3 rings (SSSR count). The Bertz CT molecular complexity index is 657. The standard InChI is InChI=1S/C16H17N3O2/c1-2-21-15-9-14(17-11-18-15)16(20)19-8-7-12-5-3-4-6-13(12)10-19/h3-6,9,11H,2,7-8,10H2,1H3. The number of hydrogen-bond donors (Lipinski definition) is 0. The maximum Gasteiger partial charge on any atom is 0.273 e. The zero-order valence-corrected chi connectivity index (χ0v) is 12.0. The minimum absolute atomic E-state index is 0.0761. The van der Waals surface area contributed by atoms with E-state index in [0.717, 1.165) is 6.42 Å². The van der Waals surface area contributed by atoms with Gasteiger partial charge in [0.2, 0.25) is 5.88 Å². The second-order valence-electron chi connectivity index (χ2n) is 4.92. The van der Waals surface area contributed by atoms with E-state index in [9.17, 15) is 4.79 Å². The predicted octanol–water partition coefficient (Wildman–Crippen LogP) is 2.07. The summed E-state index contributed by atoms with van der Waals surface area (Å²) in [5, 5.41) is 0. The number of hydrogen-bond acceptors (Lipinski definition) is 4. The van der Waals surface area contributed by atoms with Crippen LogP contribution in [0, 0.1) is 0 Å². The van der Waals surface area contributed by atoms with Crippen molar-refractivity contribution in [3.63, 3.8) is 0 Å². The van der Waals surface area contributed by atoms with Gasteiger partial charge in [0.25, 0.3) is 5.91 Å². The van der Waals surface area contributed by atoms with Crippen LogP contribution in [0.3, 0.4) is 0 Å². The molecule has 108 valence electrons. The summed E-state index contributed by atoms with van der Waals surface area (Å²) in [6.07, 6.45) is 2.25. The van der Waals surface area contributed by atoms with Crippen molar-refractivity contribution in [1.82, 2.24) is 14.9 Å². The third-order valence-electron chi connectivity index (χ3n) is 3.57. The van der Waals surface area contributed by atoms with Gasteiger partial charge >= 0.3 is 0 Å². The number of carbonyl (C=O) groups is 1. The van der Waals surface area contributed by atoms with E-state index in [0.29, 0.717) is 31.3 Å². The minimum Gasteiger partial charge on any atom is -0.478 e. The predicted molar refractivity (Wildman–Crippen MR) is 78.1 cm³/mol. The fourth-order valence-electron chi connectivity index (χ4n) is 2.51. The molecule has 1 aromatic carbocycles. The molecule has 0 saturated carbocycles. The Morgan fingerprint density at radius 2 is 2.10 bits per heavy atom. The van der Waals surface area contributed by atoms with E-state index in [1.165, 1.54) is 17.5 Å². The van der Waals surface area contributed by atoms with Gasteiger partial charge in [-0.1, -0.05) is 24.3 Å². The number of rotatable bonds is 3. The highest BCUT2D eigenvalue weighted by molar-refractivity contribution is 5.92. The highest BCUT2D eigenvalue weighted by Gasteiger charge is 2.22. The summed E-state index contributed by atoms with van der Waals surface area (Å²) in [5.74, 6) is 0.362. The Hall–Kier alpha value is -2.43.